The van der Waals surface area contributed by atoms with Crippen LogP contribution in [0, 0.1) is 6.92 Å². The predicted molar refractivity (Wildman–Crippen MR) is 107 cm³/mol. The molecule has 3 heterocycles. The molecule has 3 N–H and O–H groups in total. The number of aromatic amines is 1. The summed E-state index contributed by atoms with van der Waals surface area (Å²) in [4.78, 5) is 22.9. The molecule has 0 aliphatic carbocycles. The minimum absolute atomic E-state index is 0. The summed E-state index contributed by atoms with van der Waals surface area (Å²) in [6.07, 6.45) is 1.76. The van der Waals surface area contributed by atoms with Gasteiger partial charge in [-0.1, -0.05) is 17.2 Å². The SMILES string of the molecule is Cc1cnc(Nc2ccc3c(c2)C[N-]C3)nc1Nc1ccc2oc(=O)[nH]c2c1.[Rb+]. The molecular weight excluding hydrogens is 442 g/mol. The summed E-state index contributed by atoms with van der Waals surface area (Å²) >= 11 is 0. The second-order valence-electron chi connectivity index (χ2n) is 6.72. The number of aromatic nitrogens is 3. The average Bonchev–Trinajstić information content (AvgIpc) is 3.29. The normalized spacial score (nSPS) is 12.4. The molecular formula is C20H17N6O2Rb. The molecule has 2 aromatic carbocycles. The van der Waals surface area contributed by atoms with Crippen LogP contribution in [0.4, 0.5) is 23.1 Å². The van der Waals surface area contributed by atoms with Crippen molar-refractivity contribution in [2.24, 2.45) is 0 Å². The Balaban J connectivity index is 0.00000205. The first kappa shape index (κ1) is 20.4. The Morgan fingerprint density at radius 1 is 1.07 bits per heavy atom. The van der Waals surface area contributed by atoms with Gasteiger partial charge in [-0.2, -0.15) is 4.98 Å². The van der Waals surface area contributed by atoms with Gasteiger partial charge in [0.1, 0.15) is 5.82 Å². The van der Waals surface area contributed by atoms with Gasteiger partial charge in [0.05, 0.1) is 5.52 Å². The van der Waals surface area contributed by atoms with Gasteiger partial charge in [-0.05, 0) is 37.3 Å². The van der Waals surface area contributed by atoms with Gasteiger partial charge in [-0.3, -0.25) is 4.98 Å². The van der Waals surface area contributed by atoms with Crippen LogP contribution in [-0.2, 0) is 13.1 Å². The van der Waals surface area contributed by atoms with Crippen molar-refractivity contribution >= 4 is 34.2 Å². The van der Waals surface area contributed by atoms with Crippen molar-refractivity contribution in [2.75, 3.05) is 10.6 Å². The fourth-order valence-corrected chi connectivity index (χ4v) is 3.23. The zero-order chi connectivity index (χ0) is 19.1. The van der Waals surface area contributed by atoms with Crippen LogP contribution in [0.1, 0.15) is 16.7 Å². The number of fused-ring (bicyclic) bond motifs is 2. The molecule has 0 radical (unpaired) electrons. The molecule has 0 unspecified atom stereocenters. The van der Waals surface area contributed by atoms with Crippen molar-refractivity contribution in [3.05, 3.63) is 75.2 Å². The van der Waals surface area contributed by atoms with E-state index in [4.69, 9.17) is 4.42 Å². The summed E-state index contributed by atoms with van der Waals surface area (Å²) in [6.45, 7) is 3.48. The summed E-state index contributed by atoms with van der Waals surface area (Å²) in [5, 5.41) is 10.9. The molecule has 0 spiro atoms. The van der Waals surface area contributed by atoms with Gasteiger partial charge < -0.3 is 20.4 Å². The maximum atomic E-state index is 11.3. The Morgan fingerprint density at radius 3 is 2.76 bits per heavy atom. The number of nitrogens with one attached hydrogen (secondary N) is 3. The minimum Gasteiger partial charge on any atom is -0.655 e. The van der Waals surface area contributed by atoms with E-state index in [2.05, 4.69) is 43.0 Å². The van der Waals surface area contributed by atoms with Gasteiger partial charge in [0.2, 0.25) is 5.95 Å². The van der Waals surface area contributed by atoms with Crippen LogP contribution in [-0.4, -0.2) is 15.0 Å². The molecule has 0 saturated heterocycles. The van der Waals surface area contributed by atoms with Crippen LogP contribution >= 0.6 is 0 Å². The van der Waals surface area contributed by atoms with Crippen LogP contribution in [0.2, 0.25) is 0 Å². The first-order valence-corrected chi connectivity index (χ1v) is 8.90. The quantitative estimate of drug-likeness (QED) is 0.422. The van der Waals surface area contributed by atoms with Crippen molar-refractivity contribution in [3.63, 3.8) is 0 Å². The summed E-state index contributed by atoms with van der Waals surface area (Å²) in [5.74, 6) is 0.707. The number of aryl methyl sites for hydroxylation is 1. The van der Waals surface area contributed by atoms with E-state index in [1.165, 1.54) is 11.1 Å². The van der Waals surface area contributed by atoms with Crippen molar-refractivity contribution in [3.8, 4) is 0 Å². The Labute approximate surface area is 215 Å². The molecule has 0 amide bonds. The van der Waals surface area contributed by atoms with Gasteiger partial charge in [-0.15, -0.1) is 13.1 Å². The van der Waals surface area contributed by atoms with Gasteiger partial charge in [-0.25, -0.2) is 9.78 Å². The number of nitrogens with zero attached hydrogens (tertiary/aromatic N) is 3. The van der Waals surface area contributed by atoms with Gasteiger partial charge in [0.25, 0.3) is 0 Å². The van der Waals surface area contributed by atoms with E-state index >= 15 is 0 Å². The standard InChI is InChI=1S/C20H17N6O2.Rb/c1-11-8-22-19(24-14-3-2-12-9-21-10-13(12)6-14)26-18(11)23-15-4-5-17-16(7-15)25-20(27)28-17;/h2-8H,9-10H2,1H3,(H,25,27)(H2,22,23,24,26);/q-1;+1. The van der Waals surface area contributed by atoms with Crippen molar-refractivity contribution < 1.29 is 62.6 Å². The summed E-state index contributed by atoms with van der Waals surface area (Å²) in [5.41, 5.74) is 6.27. The van der Waals surface area contributed by atoms with E-state index in [0.717, 1.165) is 30.0 Å². The molecule has 0 atom stereocenters. The van der Waals surface area contributed by atoms with Crippen LogP contribution < -0.4 is 74.6 Å². The molecule has 1 aliphatic heterocycles. The summed E-state index contributed by atoms with van der Waals surface area (Å²) < 4.78 is 5.03. The Hall–Kier alpha value is -1.84. The molecule has 0 fully saturated rings. The largest absolute Gasteiger partial charge is 1.00 e. The fraction of sp³-hybridized carbons (Fsp3) is 0.150. The zero-order valence-electron chi connectivity index (χ0n) is 16.1. The molecule has 2 aromatic heterocycles. The molecule has 0 bridgehead atoms. The molecule has 0 saturated carbocycles. The number of benzene rings is 2. The maximum absolute atomic E-state index is 11.3. The number of hydrogen-bond acceptors (Lipinski definition) is 6. The zero-order valence-corrected chi connectivity index (χ0v) is 21.0. The Morgan fingerprint density at radius 2 is 1.86 bits per heavy atom. The summed E-state index contributed by atoms with van der Waals surface area (Å²) in [6, 6.07) is 11.6. The van der Waals surface area contributed by atoms with Crippen LogP contribution in [0.25, 0.3) is 16.4 Å². The van der Waals surface area contributed by atoms with E-state index in [0.29, 0.717) is 22.9 Å². The van der Waals surface area contributed by atoms with E-state index in [1.54, 1.807) is 18.3 Å². The third-order valence-electron chi connectivity index (χ3n) is 4.68. The predicted octanol–water partition coefficient (Wildman–Crippen LogP) is 1.10. The molecule has 8 nitrogen and oxygen atoms in total. The van der Waals surface area contributed by atoms with E-state index in [9.17, 15) is 4.79 Å². The van der Waals surface area contributed by atoms with Crippen LogP contribution in [0.3, 0.4) is 0 Å². The maximum Gasteiger partial charge on any atom is 1.00 e. The molecule has 29 heavy (non-hydrogen) atoms. The number of H-pyrrole nitrogens is 1. The first-order chi connectivity index (χ1) is 13.6. The number of anilines is 4. The Kier molecular flexibility index (Phi) is 5.98. The first-order valence-electron chi connectivity index (χ1n) is 8.90. The second kappa shape index (κ2) is 8.49. The fourth-order valence-electron chi connectivity index (χ4n) is 3.23. The van der Waals surface area contributed by atoms with Crippen LogP contribution in [0.15, 0.2) is 51.8 Å². The molecule has 5 rings (SSSR count). The third kappa shape index (κ3) is 4.36. The van der Waals surface area contributed by atoms with E-state index in [1.807, 2.05) is 19.1 Å². The minimum atomic E-state index is -0.473. The van der Waals surface area contributed by atoms with Gasteiger partial charge in [0, 0.05) is 23.1 Å². The second-order valence-corrected chi connectivity index (χ2v) is 6.72. The smallest absolute Gasteiger partial charge is 0.655 e. The molecule has 4 aromatic rings. The topological polar surface area (TPSA) is 110 Å². The molecule has 1 aliphatic rings. The number of oxazole rings is 1. The van der Waals surface area contributed by atoms with E-state index < -0.39 is 5.76 Å². The van der Waals surface area contributed by atoms with Crippen molar-refractivity contribution in [1.82, 2.24) is 15.0 Å². The average molecular weight is 459 g/mol. The van der Waals surface area contributed by atoms with Crippen molar-refractivity contribution in [1.29, 1.82) is 0 Å². The third-order valence-corrected chi connectivity index (χ3v) is 4.68. The molecule has 140 valence electrons. The molecule has 9 heteroatoms. The van der Waals surface area contributed by atoms with E-state index in [-0.39, 0.29) is 58.2 Å². The summed E-state index contributed by atoms with van der Waals surface area (Å²) in [7, 11) is 0. The van der Waals surface area contributed by atoms with Gasteiger partial charge >= 0.3 is 63.9 Å². The van der Waals surface area contributed by atoms with Gasteiger partial charge in [0.15, 0.2) is 5.58 Å². The number of hydrogen-bond donors (Lipinski definition) is 3. The number of rotatable bonds is 4. The monoisotopic (exact) mass is 458 g/mol. The van der Waals surface area contributed by atoms with Crippen molar-refractivity contribution in [2.45, 2.75) is 20.0 Å². The van der Waals surface area contributed by atoms with Crippen LogP contribution in [0.5, 0.6) is 0 Å². The Bertz CT molecular complexity index is 1250.